The number of nitrogens with zero attached hydrogens (tertiary/aromatic N) is 1. The van der Waals surface area contributed by atoms with E-state index in [4.69, 9.17) is 9.15 Å². The minimum absolute atomic E-state index is 0.0202. The third-order valence-electron chi connectivity index (χ3n) is 6.62. The number of likely N-dealkylation sites (tertiary alicyclic amines) is 1. The van der Waals surface area contributed by atoms with Crippen LogP contribution < -0.4 is 5.32 Å². The third-order valence-corrected chi connectivity index (χ3v) is 6.62. The molecule has 0 radical (unpaired) electrons. The van der Waals surface area contributed by atoms with E-state index in [1.807, 2.05) is 36.4 Å². The van der Waals surface area contributed by atoms with E-state index in [1.165, 1.54) is 7.11 Å². The molecule has 1 aromatic carbocycles. The van der Waals surface area contributed by atoms with Crippen LogP contribution in [-0.2, 0) is 32.2 Å². The highest BCUT2D eigenvalue weighted by molar-refractivity contribution is 5.92. The van der Waals surface area contributed by atoms with Gasteiger partial charge < -0.3 is 19.4 Å². The van der Waals surface area contributed by atoms with E-state index in [0.717, 1.165) is 24.8 Å². The molecule has 0 bridgehead atoms. The summed E-state index contributed by atoms with van der Waals surface area (Å²) in [6.07, 6.45) is 7.03. The SMILES string of the molecule is COC(=O)[C@]12CCCCC=C1N(Cc1ccco1)C(=O)[C@H](CC(=O)NCc1ccccc1)C2. The Labute approximate surface area is 193 Å². The first-order valence-corrected chi connectivity index (χ1v) is 11.5. The van der Waals surface area contributed by atoms with E-state index in [1.54, 1.807) is 23.3 Å². The fraction of sp³-hybridized carbons (Fsp3) is 0.423. The fourth-order valence-corrected chi connectivity index (χ4v) is 5.01. The number of rotatable bonds is 7. The van der Waals surface area contributed by atoms with Crippen molar-refractivity contribution in [3.05, 3.63) is 71.8 Å². The summed E-state index contributed by atoms with van der Waals surface area (Å²) in [4.78, 5) is 41.2. The van der Waals surface area contributed by atoms with Crippen LogP contribution in [-0.4, -0.2) is 29.8 Å². The lowest BCUT2D eigenvalue weighted by atomic mass is 9.69. The molecule has 0 saturated carbocycles. The largest absolute Gasteiger partial charge is 0.468 e. The average molecular weight is 451 g/mol. The number of nitrogens with one attached hydrogen (secondary N) is 1. The number of piperidine rings is 1. The quantitative estimate of drug-likeness (QED) is 0.645. The van der Waals surface area contributed by atoms with Gasteiger partial charge in [-0.1, -0.05) is 42.8 Å². The number of hydrogen-bond acceptors (Lipinski definition) is 5. The highest BCUT2D eigenvalue weighted by Gasteiger charge is 2.54. The summed E-state index contributed by atoms with van der Waals surface area (Å²) in [5, 5.41) is 2.91. The van der Waals surface area contributed by atoms with Crippen LogP contribution in [0.4, 0.5) is 0 Å². The summed E-state index contributed by atoms with van der Waals surface area (Å²) < 4.78 is 10.7. The van der Waals surface area contributed by atoms with Gasteiger partial charge in [-0.15, -0.1) is 0 Å². The summed E-state index contributed by atoms with van der Waals surface area (Å²) in [7, 11) is 1.38. The van der Waals surface area contributed by atoms with Gasteiger partial charge in [0.05, 0.1) is 19.9 Å². The van der Waals surface area contributed by atoms with Crippen LogP contribution in [0.25, 0.3) is 0 Å². The molecule has 7 heteroatoms. The number of ether oxygens (including phenoxy) is 1. The summed E-state index contributed by atoms with van der Waals surface area (Å²) in [6, 6.07) is 13.2. The van der Waals surface area contributed by atoms with E-state index in [-0.39, 0.29) is 37.2 Å². The van der Waals surface area contributed by atoms with Crippen molar-refractivity contribution in [2.45, 2.75) is 51.6 Å². The molecule has 1 saturated heterocycles. The first-order chi connectivity index (χ1) is 16.0. The summed E-state index contributed by atoms with van der Waals surface area (Å²) in [5.74, 6) is -0.709. The van der Waals surface area contributed by atoms with Gasteiger partial charge >= 0.3 is 5.97 Å². The molecule has 2 amide bonds. The second kappa shape index (κ2) is 10.1. The van der Waals surface area contributed by atoms with Gasteiger partial charge in [0.25, 0.3) is 0 Å². The van der Waals surface area contributed by atoms with Crippen LogP contribution in [0.3, 0.4) is 0 Å². The maximum Gasteiger partial charge on any atom is 0.317 e. The number of amides is 2. The van der Waals surface area contributed by atoms with Gasteiger partial charge in [0.1, 0.15) is 11.2 Å². The molecule has 33 heavy (non-hydrogen) atoms. The lowest BCUT2D eigenvalue weighted by Gasteiger charge is -2.45. The zero-order valence-corrected chi connectivity index (χ0v) is 18.9. The molecule has 1 aromatic heterocycles. The lowest BCUT2D eigenvalue weighted by molar-refractivity contribution is -0.160. The highest BCUT2D eigenvalue weighted by Crippen LogP contribution is 2.49. The highest BCUT2D eigenvalue weighted by atomic mass is 16.5. The Morgan fingerprint density at radius 3 is 2.73 bits per heavy atom. The number of benzene rings is 1. The second-order valence-electron chi connectivity index (χ2n) is 8.78. The molecule has 1 aliphatic heterocycles. The predicted molar refractivity (Wildman–Crippen MR) is 121 cm³/mol. The van der Waals surface area contributed by atoms with Crippen molar-refractivity contribution >= 4 is 17.8 Å². The molecule has 7 nitrogen and oxygen atoms in total. The maximum absolute atomic E-state index is 13.6. The molecule has 4 rings (SSSR count). The maximum atomic E-state index is 13.6. The molecule has 1 aliphatic carbocycles. The summed E-state index contributed by atoms with van der Waals surface area (Å²) >= 11 is 0. The topological polar surface area (TPSA) is 88.8 Å². The molecular weight excluding hydrogens is 420 g/mol. The van der Waals surface area contributed by atoms with Gasteiger partial charge in [-0.3, -0.25) is 14.4 Å². The van der Waals surface area contributed by atoms with Gasteiger partial charge in [-0.2, -0.15) is 0 Å². The van der Waals surface area contributed by atoms with Crippen molar-refractivity contribution in [2.24, 2.45) is 11.3 Å². The van der Waals surface area contributed by atoms with E-state index < -0.39 is 11.3 Å². The van der Waals surface area contributed by atoms with Crippen molar-refractivity contribution in [3.63, 3.8) is 0 Å². The summed E-state index contributed by atoms with van der Waals surface area (Å²) in [5.41, 5.74) is 0.741. The number of fused-ring (bicyclic) bond motifs is 1. The van der Waals surface area contributed by atoms with Crippen LogP contribution in [0.2, 0.25) is 0 Å². The Morgan fingerprint density at radius 1 is 1.18 bits per heavy atom. The van der Waals surface area contributed by atoms with Crippen LogP contribution in [0.1, 0.15) is 49.8 Å². The van der Waals surface area contributed by atoms with Gasteiger partial charge in [0.2, 0.25) is 11.8 Å². The normalized spacial score (nSPS) is 22.7. The minimum atomic E-state index is -0.934. The zero-order chi connectivity index (χ0) is 23.3. The number of methoxy groups -OCH3 is 1. The second-order valence-corrected chi connectivity index (χ2v) is 8.78. The predicted octanol–water partition coefficient (Wildman–Crippen LogP) is 3.95. The number of carbonyl (C=O) groups excluding carboxylic acids is 3. The van der Waals surface area contributed by atoms with Gasteiger partial charge in [-0.25, -0.2) is 0 Å². The van der Waals surface area contributed by atoms with E-state index in [2.05, 4.69) is 5.32 Å². The van der Waals surface area contributed by atoms with Gasteiger partial charge in [0.15, 0.2) is 0 Å². The molecule has 174 valence electrons. The van der Waals surface area contributed by atoms with Gasteiger partial charge in [-0.05, 0) is 43.4 Å². The molecule has 2 atom stereocenters. The van der Waals surface area contributed by atoms with Crippen molar-refractivity contribution in [3.8, 4) is 0 Å². The first kappa shape index (κ1) is 22.8. The van der Waals surface area contributed by atoms with E-state index in [0.29, 0.717) is 24.4 Å². The van der Waals surface area contributed by atoms with Crippen molar-refractivity contribution < 1.29 is 23.5 Å². The molecule has 0 unspecified atom stereocenters. The number of allylic oxidation sites excluding steroid dienone is 1. The molecule has 1 fully saturated rings. The van der Waals surface area contributed by atoms with Crippen molar-refractivity contribution in [1.29, 1.82) is 0 Å². The minimum Gasteiger partial charge on any atom is -0.468 e. The first-order valence-electron chi connectivity index (χ1n) is 11.5. The molecule has 2 aromatic rings. The molecular formula is C26H30N2O5. The molecule has 1 N–H and O–H groups in total. The number of hydrogen-bond donors (Lipinski definition) is 1. The standard InChI is InChI=1S/C26H30N2O5/c1-32-25(31)26-13-7-3-6-12-22(26)28(18-21-11-8-14-33-21)24(30)20(16-26)15-23(29)27-17-19-9-4-2-5-10-19/h2,4-5,8-12,14,20H,3,6-7,13,15-18H2,1H3,(H,27,29)/t20-,26+/m1/s1. The molecule has 2 aliphatic rings. The number of esters is 1. The fourth-order valence-electron chi connectivity index (χ4n) is 5.01. The van der Waals surface area contributed by atoms with Crippen molar-refractivity contribution in [2.75, 3.05) is 7.11 Å². The van der Waals surface area contributed by atoms with Crippen LogP contribution in [0, 0.1) is 11.3 Å². The smallest absolute Gasteiger partial charge is 0.317 e. The van der Waals surface area contributed by atoms with Crippen LogP contribution >= 0.6 is 0 Å². The monoisotopic (exact) mass is 450 g/mol. The Hall–Kier alpha value is -3.35. The number of furan rings is 1. The Kier molecular flexibility index (Phi) is 6.96. The molecule has 0 spiro atoms. The van der Waals surface area contributed by atoms with Gasteiger partial charge in [0, 0.05) is 24.6 Å². The van der Waals surface area contributed by atoms with Crippen LogP contribution in [0.15, 0.2) is 64.9 Å². The lowest BCUT2D eigenvalue weighted by Crippen LogP contribution is -2.53. The summed E-state index contributed by atoms with van der Waals surface area (Å²) in [6.45, 7) is 0.614. The van der Waals surface area contributed by atoms with E-state index in [9.17, 15) is 14.4 Å². The third kappa shape index (κ3) is 4.87. The Balaban J connectivity index is 1.59. The number of carbonyl (C=O) groups is 3. The average Bonchev–Trinajstić information content (AvgIpc) is 3.25. The van der Waals surface area contributed by atoms with Crippen LogP contribution in [0.5, 0.6) is 0 Å². The van der Waals surface area contributed by atoms with E-state index >= 15 is 0 Å². The van der Waals surface area contributed by atoms with Crippen molar-refractivity contribution in [1.82, 2.24) is 10.2 Å². The Morgan fingerprint density at radius 2 is 2.00 bits per heavy atom. The molecule has 2 heterocycles. The zero-order valence-electron chi connectivity index (χ0n) is 18.9. The Bertz CT molecular complexity index is 1010.